The summed E-state index contributed by atoms with van der Waals surface area (Å²) in [6, 6.07) is 11.8. The Morgan fingerprint density at radius 1 is 1.03 bits per heavy atom. The van der Waals surface area contributed by atoms with E-state index in [1.54, 1.807) is 36.4 Å². The number of aliphatic hydroxyl groups excluding tert-OH is 2. The number of nitrogens with zero attached hydrogens (tertiary/aromatic N) is 1. The molecule has 31 heavy (non-hydrogen) atoms. The van der Waals surface area contributed by atoms with Gasteiger partial charge in [-0.25, -0.2) is 4.79 Å². The Hall–Kier alpha value is -3.65. The number of hydrogen-bond donors (Lipinski definition) is 2. The molecule has 1 aliphatic rings. The first-order chi connectivity index (χ1) is 14.9. The molecule has 0 aliphatic carbocycles. The summed E-state index contributed by atoms with van der Waals surface area (Å²) >= 11 is 0. The molecule has 0 spiro atoms. The van der Waals surface area contributed by atoms with Gasteiger partial charge in [0.1, 0.15) is 11.5 Å². The van der Waals surface area contributed by atoms with Crippen molar-refractivity contribution in [1.29, 1.82) is 0 Å². The van der Waals surface area contributed by atoms with Gasteiger partial charge in [-0.3, -0.25) is 9.59 Å². The van der Waals surface area contributed by atoms with E-state index in [0.29, 0.717) is 29.0 Å². The van der Waals surface area contributed by atoms with Crippen molar-refractivity contribution in [3.63, 3.8) is 0 Å². The normalized spacial score (nSPS) is 17.6. The van der Waals surface area contributed by atoms with Crippen LogP contribution < -0.4 is 4.74 Å². The standard InChI is InChI=1S/C23H23NO7/c1-3-31-17-10-8-15(9-11-17)20(26)18-19(24(12-13-25)22(28)21(18)27)14-4-6-16(7-5-14)23(29)30-2/h4-11,19,25-26H,3,12-13H2,1-2H3/b20-18-. The molecule has 3 rings (SSSR count). The number of rotatable bonds is 7. The molecular weight excluding hydrogens is 402 g/mol. The number of carbonyl (C=O) groups is 3. The van der Waals surface area contributed by atoms with Crippen LogP contribution in [-0.4, -0.2) is 59.6 Å². The number of carbonyl (C=O) groups excluding carboxylic acids is 3. The highest BCUT2D eigenvalue weighted by atomic mass is 16.5. The fraction of sp³-hybridized carbons (Fsp3) is 0.261. The van der Waals surface area contributed by atoms with Crippen molar-refractivity contribution in [2.75, 3.05) is 26.9 Å². The molecule has 8 nitrogen and oxygen atoms in total. The van der Waals surface area contributed by atoms with Crippen LogP contribution in [-0.2, 0) is 14.3 Å². The summed E-state index contributed by atoms with van der Waals surface area (Å²) in [6.07, 6.45) is 0. The van der Waals surface area contributed by atoms with Gasteiger partial charge in [-0.1, -0.05) is 12.1 Å². The fourth-order valence-electron chi connectivity index (χ4n) is 3.52. The van der Waals surface area contributed by atoms with Crippen LogP contribution in [0.4, 0.5) is 0 Å². The zero-order valence-corrected chi connectivity index (χ0v) is 17.2. The molecule has 1 heterocycles. The highest BCUT2D eigenvalue weighted by Crippen LogP contribution is 2.39. The lowest BCUT2D eigenvalue weighted by Gasteiger charge is -2.24. The summed E-state index contributed by atoms with van der Waals surface area (Å²) < 4.78 is 10.1. The van der Waals surface area contributed by atoms with E-state index in [1.807, 2.05) is 6.92 Å². The maximum Gasteiger partial charge on any atom is 0.337 e. The van der Waals surface area contributed by atoms with Gasteiger partial charge in [-0.05, 0) is 48.9 Å². The van der Waals surface area contributed by atoms with Gasteiger partial charge in [0.2, 0.25) is 0 Å². The Labute approximate surface area is 179 Å². The van der Waals surface area contributed by atoms with Gasteiger partial charge in [0.25, 0.3) is 11.7 Å². The Balaban J connectivity index is 2.09. The minimum Gasteiger partial charge on any atom is -0.507 e. The van der Waals surface area contributed by atoms with Crippen LogP contribution in [0, 0.1) is 0 Å². The SMILES string of the molecule is CCOc1ccc(/C(O)=C2/C(=O)C(=O)N(CCO)C2c2ccc(C(=O)OC)cc2)cc1. The third-order valence-corrected chi connectivity index (χ3v) is 4.97. The van der Waals surface area contributed by atoms with E-state index in [-0.39, 0.29) is 24.5 Å². The predicted molar refractivity (Wildman–Crippen MR) is 111 cm³/mol. The van der Waals surface area contributed by atoms with Crippen LogP contribution >= 0.6 is 0 Å². The maximum absolute atomic E-state index is 12.8. The van der Waals surface area contributed by atoms with E-state index in [0.717, 1.165) is 0 Å². The summed E-state index contributed by atoms with van der Waals surface area (Å²) in [4.78, 5) is 38.3. The van der Waals surface area contributed by atoms with Crippen LogP contribution in [0.1, 0.15) is 34.5 Å². The summed E-state index contributed by atoms with van der Waals surface area (Å²) in [5.74, 6) is -1.91. The molecule has 2 aromatic carbocycles. The third kappa shape index (κ3) is 4.29. The molecule has 1 fully saturated rings. The lowest BCUT2D eigenvalue weighted by Crippen LogP contribution is -2.32. The van der Waals surface area contributed by atoms with Gasteiger partial charge in [0, 0.05) is 12.1 Å². The number of methoxy groups -OCH3 is 1. The minimum absolute atomic E-state index is 0.0892. The second-order valence-electron chi connectivity index (χ2n) is 6.79. The number of aliphatic hydroxyl groups is 2. The monoisotopic (exact) mass is 425 g/mol. The quantitative estimate of drug-likeness (QED) is 0.303. The Bertz CT molecular complexity index is 1010. The first-order valence-corrected chi connectivity index (χ1v) is 9.73. The smallest absolute Gasteiger partial charge is 0.337 e. The average molecular weight is 425 g/mol. The molecule has 162 valence electrons. The van der Waals surface area contributed by atoms with Crippen LogP contribution in [0.25, 0.3) is 5.76 Å². The van der Waals surface area contributed by atoms with Crippen molar-refractivity contribution >= 4 is 23.4 Å². The molecule has 2 N–H and O–H groups in total. The molecule has 1 unspecified atom stereocenters. The van der Waals surface area contributed by atoms with E-state index >= 15 is 0 Å². The zero-order valence-electron chi connectivity index (χ0n) is 17.2. The van der Waals surface area contributed by atoms with E-state index in [1.165, 1.54) is 24.1 Å². The van der Waals surface area contributed by atoms with Crippen LogP contribution in [0.3, 0.4) is 0 Å². The molecule has 8 heteroatoms. The molecule has 0 aromatic heterocycles. The van der Waals surface area contributed by atoms with Crippen molar-refractivity contribution in [1.82, 2.24) is 4.90 Å². The second-order valence-corrected chi connectivity index (χ2v) is 6.79. The summed E-state index contributed by atoms with van der Waals surface area (Å²) in [5.41, 5.74) is 1.07. The lowest BCUT2D eigenvalue weighted by molar-refractivity contribution is -0.140. The van der Waals surface area contributed by atoms with Crippen molar-refractivity contribution < 1.29 is 34.1 Å². The number of Topliss-reactive ketones (excluding diaryl/α,β-unsaturated/α-hetero) is 1. The van der Waals surface area contributed by atoms with Crippen molar-refractivity contribution in [3.05, 3.63) is 70.8 Å². The number of likely N-dealkylation sites (tertiary alicyclic amines) is 1. The lowest BCUT2D eigenvalue weighted by atomic mass is 9.94. The highest BCUT2D eigenvalue weighted by molar-refractivity contribution is 6.46. The van der Waals surface area contributed by atoms with E-state index < -0.39 is 23.7 Å². The zero-order chi connectivity index (χ0) is 22.5. The second kappa shape index (κ2) is 9.44. The van der Waals surface area contributed by atoms with Gasteiger partial charge in [-0.2, -0.15) is 0 Å². The fourth-order valence-corrected chi connectivity index (χ4v) is 3.52. The van der Waals surface area contributed by atoms with Crippen LogP contribution in [0.5, 0.6) is 5.75 Å². The van der Waals surface area contributed by atoms with E-state index in [9.17, 15) is 24.6 Å². The molecule has 1 atom stereocenters. The largest absolute Gasteiger partial charge is 0.507 e. The molecule has 0 bridgehead atoms. The molecule has 1 aliphatic heterocycles. The van der Waals surface area contributed by atoms with Gasteiger partial charge < -0.3 is 24.6 Å². The third-order valence-electron chi connectivity index (χ3n) is 4.97. The summed E-state index contributed by atoms with van der Waals surface area (Å²) in [5, 5.41) is 20.3. The van der Waals surface area contributed by atoms with Gasteiger partial charge in [-0.15, -0.1) is 0 Å². The van der Waals surface area contributed by atoms with Crippen LogP contribution in [0.15, 0.2) is 54.1 Å². The number of β-amino-alcohol motifs (C(OH)–C–C–N with tert-alkyl or cyclic N) is 1. The Kier molecular flexibility index (Phi) is 6.71. The number of amides is 1. The minimum atomic E-state index is -0.912. The maximum atomic E-state index is 12.8. The molecule has 1 amide bonds. The first kappa shape index (κ1) is 22.0. The van der Waals surface area contributed by atoms with Crippen molar-refractivity contribution in [3.8, 4) is 5.75 Å². The number of esters is 1. The first-order valence-electron chi connectivity index (χ1n) is 9.73. The van der Waals surface area contributed by atoms with E-state index in [4.69, 9.17) is 4.74 Å². The highest BCUT2D eigenvalue weighted by Gasteiger charge is 2.45. The summed E-state index contributed by atoms with van der Waals surface area (Å²) in [6.45, 7) is 1.89. The van der Waals surface area contributed by atoms with E-state index in [2.05, 4.69) is 4.74 Å². The number of ketones is 1. The molecule has 2 aromatic rings. The molecule has 0 radical (unpaired) electrons. The molecule has 0 saturated carbocycles. The predicted octanol–water partition coefficient (Wildman–Crippen LogP) is 2.29. The van der Waals surface area contributed by atoms with Crippen molar-refractivity contribution in [2.24, 2.45) is 0 Å². The number of ether oxygens (including phenoxy) is 2. The molecular formula is C23H23NO7. The van der Waals surface area contributed by atoms with Crippen molar-refractivity contribution in [2.45, 2.75) is 13.0 Å². The van der Waals surface area contributed by atoms with Gasteiger partial charge >= 0.3 is 5.97 Å². The topological polar surface area (TPSA) is 113 Å². The van der Waals surface area contributed by atoms with Crippen LogP contribution in [0.2, 0.25) is 0 Å². The number of hydrogen-bond acceptors (Lipinski definition) is 7. The number of benzene rings is 2. The van der Waals surface area contributed by atoms with Gasteiger partial charge in [0.15, 0.2) is 0 Å². The Morgan fingerprint density at radius 3 is 2.19 bits per heavy atom. The average Bonchev–Trinajstić information content (AvgIpc) is 3.04. The summed E-state index contributed by atoms with van der Waals surface area (Å²) in [7, 11) is 1.27. The molecule has 1 saturated heterocycles. The Morgan fingerprint density at radius 2 is 1.65 bits per heavy atom. The van der Waals surface area contributed by atoms with Gasteiger partial charge in [0.05, 0.1) is 37.5 Å².